The molecular formula is C15H21N3O2. The van der Waals surface area contributed by atoms with E-state index in [1.54, 1.807) is 22.6 Å². The molecular weight excluding hydrogens is 254 g/mol. The maximum Gasteiger partial charge on any atom is 0.275 e. The van der Waals surface area contributed by atoms with Crippen molar-refractivity contribution in [3.63, 3.8) is 0 Å². The molecule has 2 rings (SSSR count). The molecule has 0 fully saturated rings. The molecule has 1 amide bonds. The van der Waals surface area contributed by atoms with Crippen molar-refractivity contribution in [2.45, 2.75) is 26.8 Å². The van der Waals surface area contributed by atoms with E-state index in [-0.39, 0.29) is 11.5 Å². The van der Waals surface area contributed by atoms with Crippen molar-refractivity contribution < 1.29 is 4.79 Å². The fraction of sp³-hybridized carbons (Fsp3) is 0.467. The number of carbonyl (C=O) groups excluding carboxylic acids is 1. The Kier molecular flexibility index (Phi) is 3.97. The fourth-order valence-corrected chi connectivity index (χ4v) is 2.65. The van der Waals surface area contributed by atoms with Gasteiger partial charge in [-0.05, 0) is 32.9 Å². The van der Waals surface area contributed by atoms with Gasteiger partial charge in [0.15, 0.2) is 0 Å². The lowest BCUT2D eigenvalue weighted by Gasteiger charge is -2.24. The lowest BCUT2D eigenvalue weighted by atomic mass is 10.2. The molecule has 20 heavy (non-hydrogen) atoms. The van der Waals surface area contributed by atoms with E-state index in [2.05, 4.69) is 0 Å². The molecule has 0 N–H and O–H groups in total. The number of hydrogen-bond donors (Lipinski definition) is 0. The number of fused-ring (bicyclic) bond motifs is 1. The molecule has 0 aliphatic rings. The normalized spacial score (nSPS) is 12.6. The molecule has 5 nitrogen and oxygen atoms in total. The highest BCUT2D eigenvalue weighted by Crippen LogP contribution is 2.14. The van der Waals surface area contributed by atoms with Crippen LogP contribution in [0.5, 0.6) is 0 Å². The molecule has 0 aliphatic heterocycles. The van der Waals surface area contributed by atoms with E-state index in [0.29, 0.717) is 18.5 Å². The number of aromatic nitrogens is 2. The van der Waals surface area contributed by atoms with Crippen molar-refractivity contribution in [2.75, 3.05) is 13.1 Å². The zero-order valence-electron chi connectivity index (χ0n) is 12.5. The summed E-state index contributed by atoms with van der Waals surface area (Å²) in [5.41, 5.74) is 0.729. The van der Waals surface area contributed by atoms with Crippen LogP contribution in [0.25, 0.3) is 10.9 Å². The first-order chi connectivity index (χ1) is 9.52. The summed E-state index contributed by atoms with van der Waals surface area (Å²) in [7, 11) is 1.82. The van der Waals surface area contributed by atoms with Gasteiger partial charge in [-0.3, -0.25) is 14.3 Å². The second-order valence-corrected chi connectivity index (χ2v) is 4.88. The van der Waals surface area contributed by atoms with Gasteiger partial charge in [0.1, 0.15) is 6.04 Å². The third kappa shape index (κ3) is 2.13. The summed E-state index contributed by atoms with van der Waals surface area (Å²) in [6, 6.07) is 6.92. The highest BCUT2D eigenvalue weighted by molar-refractivity contribution is 5.82. The minimum atomic E-state index is -0.500. The number of rotatable bonds is 4. The van der Waals surface area contributed by atoms with Crippen molar-refractivity contribution in [3.05, 3.63) is 34.6 Å². The predicted octanol–water partition coefficient (Wildman–Crippen LogP) is 1.77. The minimum Gasteiger partial charge on any atom is -0.341 e. The van der Waals surface area contributed by atoms with Crippen LogP contribution in [0, 0.1) is 0 Å². The van der Waals surface area contributed by atoms with Gasteiger partial charge < -0.3 is 4.90 Å². The van der Waals surface area contributed by atoms with Crippen LogP contribution >= 0.6 is 0 Å². The molecule has 0 saturated heterocycles. The molecule has 2 aromatic rings. The van der Waals surface area contributed by atoms with Crippen molar-refractivity contribution in [1.29, 1.82) is 0 Å². The van der Waals surface area contributed by atoms with Gasteiger partial charge in [-0.25, -0.2) is 4.68 Å². The number of nitrogens with zero attached hydrogens (tertiary/aromatic N) is 3. The van der Waals surface area contributed by atoms with Gasteiger partial charge in [0.2, 0.25) is 5.91 Å². The number of hydrogen-bond acceptors (Lipinski definition) is 2. The molecule has 108 valence electrons. The Hall–Kier alpha value is -2.04. The summed E-state index contributed by atoms with van der Waals surface area (Å²) >= 11 is 0. The largest absolute Gasteiger partial charge is 0.341 e. The van der Waals surface area contributed by atoms with Gasteiger partial charge >= 0.3 is 0 Å². The van der Waals surface area contributed by atoms with E-state index in [9.17, 15) is 9.59 Å². The lowest BCUT2D eigenvalue weighted by molar-refractivity contribution is -0.134. The minimum absolute atomic E-state index is 0.0250. The molecule has 5 heteroatoms. The van der Waals surface area contributed by atoms with Gasteiger partial charge in [0.25, 0.3) is 5.56 Å². The van der Waals surface area contributed by atoms with Crippen LogP contribution in [0.1, 0.15) is 26.8 Å². The van der Waals surface area contributed by atoms with Crippen molar-refractivity contribution in [3.8, 4) is 0 Å². The van der Waals surface area contributed by atoms with Crippen molar-refractivity contribution in [2.24, 2.45) is 7.05 Å². The fourth-order valence-electron chi connectivity index (χ4n) is 2.65. The first-order valence-electron chi connectivity index (χ1n) is 6.97. The average molecular weight is 275 g/mol. The molecule has 0 spiro atoms. The zero-order valence-corrected chi connectivity index (χ0v) is 12.5. The first-order valence-corrected chi connectivity index (χ1v) is 6.97. The third-order valence-electron chi connectivity index (χ3n) is 3.81. The Labute approximate surface area is 118 Å². The van der Waals surface area contributed by atoms with E-state index >= 15 is 0 Å². The standard InChI is InChI=1S/C15H21N3O2/c1-5-17(6-2)14(19)11(3)18-15(20)12-9-7-8-10-13(12)16(18)4/h7-11H,5-6H2,1-4H3/t11-/m1/s1. The summed E-state index contributed by atoms with van der Waals surface area (Å²) in [4.78, 5) is 26.7. The molecule has 1 heterocycles. The van der Waals surface area contributed by atoms with Gasteiger partial charge in [0, 0.05) is 20.1 Å². The van der Waals surface area contributed by atoms with Crippen molar-refractivity contribution >= 4 is 16.8 Å². The third-order valence-corrected chi connectivity index (χ3v) is 3.81. The van der Waals surface area contributed by atoms with Crippen LogP contribution in [0.3, 0.4) is 0 Å². The number of aryl methyl sites for hydroxylation is 1. The summed E-state index contributed by atoms with van der Waals surface area (Å²) in [5.74, 6) is -0.0250. The maximum absolute atomic E-state index is 12.5. The molecule has 0 radical (unpaired) electrons. The van der Waals surface area contributed by atoms with E-state index in [1.165, 1.54) is 4.68 Å². The van der Waals surface area contributed by atoms with Crippen LogP contribution in [0.4, 0.5) is 0 Å². The van der Waals surface area contributed by atoms with Gasteiger partial charge in [-0.2, -0.15) is 0 Å². The Balaban J connectivity index is 2.53. The highest BCUT2D eigenvalue weighted by Gasteiger charge is 2.24. The monoisotopic (exact) mass is 275 g/mol. The topological polar surface area (TPSA) is 47.2 Å². The number of carbonyl (C=O) groups is 1. The van der Waals surface area contributed by atoms with Gasteiger partial charge in [-0.1, -0.05) is 12.1 Å². The Morgan fingerprint density at radius 1 is 1.25 bits per heavy atom. The summed E-state index contributed by atoms with van der Waals surface area (Å²) < 4.78 is 3.30. The quantitative estimate of drug-likeness (QED) is 0.853. The highest BCUT2D eigenvalue weighted by atomic mass is 16.2. The number of para-hydroxylation sites is 1. The molecule has 0 saturated carbocycles. The smallest absolute Gasteiger partial charge is 0.275 e. The predicted molar refractivity (Wildman–Crippen MR) is 79.8 cm³/mol. The number of benzene rings is 1. The second kappa shape index (κ2) is 5.53. The Bertz CT molecular complexity index is 680. The Morgan fingerprint density at radius 2 is 1.85 bits per heavy atom. The van der Waals surface area contributed by atoms with E-state index < -0.39 is 6.04 Å². The molecule has 1 aromatic carbocycles. The van der Waals surface area contributed by atoms with Crippen LogP contribution in [-0.4, -0.2) is 33.3 Å². The molecule has 0 bridgehead atoms. The molecule has 0 unspecified atom stereocenters. The first kappa shape index (κ1) is 14.4. The van der Waals surface area contributed by atoms with Crippen LogP contribution in [0.2, 0.25) is 0 Å². The van der Waals surface area contributed by atoms with Gasteiger partial charge in [0.05, 0.1) is 10.9 Å². The SMILES string of the molecule is CCN(CC)C(=O)[C@@H](C)n1c(=O)c2ccccc2n1C. The van der Waals surface area contributed by atoms with E-state index in [0.717, 1.165) is 5.52 Å². The maximum atomic E-state index is 12.5. The summed E-state index contributed by atoms with van der Waals surface area (Å²) in [5, 5.41) is 0.647. The van der Waals surface area contributed by atoms with Crippen LogP contribution < -0.4 is 5.56 Å². The van der Waals surface area contributed by atoms with E-state index in [4.69, 9.17) is 0 Å². The number of likely N-dealkylation sites (N-methyl/N-ethyl adjacent to an activating group) is 1. The molecule has 1 aromatic heterocycles. The zero-order chi connectivity index (χ0) is 14.9. The lowest BCUT2D eigenvalue weighted by Crippen LogP contribution is -2.40. The van der Waals surface area contributed by atoms with Crippen molar-refractivity contribution in [1.82, 2.24) is 14.3 Å². The van der Waals surface area contributed by atoms with Gasteiger partial charge in [-0.15, -0.1) is 0 Å². The van der Waals surface area contributed by atoms with Crippen LogP contribution in [-0.2, 0) is 11.8 Å². The summed E-state index contributed by atoms with van der Waals surface area (Å²) in [6.07, 6.45) is 0. The van der Waals surface area contributed by atoms with E-state index in [1.807, 2.05) is 39.1 Å². The second-order valence-electron chi connectivity index (χ2n) is 4.88. The Morgan fingerprint density at radius 3 is 2.40 bits per heavy atom. The number of amides is 1. The van der Waals surface area contributed by atoms with Crippen LogP contribution in [0.15, 0.2) is 29.1 Å². The molecule has 1 atom stereocenters. The summed E-state index contributed by atoms with van der Waals surface area (Å²) in [6.45, 7) is 6.97. The molecule has 0 aliphatic carbocycles. The average Bonchev–Trinajstić information content (AvgIpc) is 2.72.